The molecule has 0 aromatic carbocycles. The van der Waals surface area contributed by atoms with Crippen molar-refractivity contribution in [3.63, 3.8) is 0 Å². The first-order chi connectivity index (χ1) is 6.91. The molecule has 0 N–H and O–H groups in total. The first kappa shape index (κ1) is 13.5. The number of hydrogen-bond acceptors (Lipinski definition) is 0. The van der Waals surface area contributed by atoms with Gasteiger partial charge in [-0.1, -0.05) is 70.3 Å². The summed E-state index contributed by atoms with van der Waals surface area (Å²) in [6.45, 7) is 9.10. The molecule has 0 aliphatic heterocycles. The van der Waals surface area contributed by atoms with E-state index in [0.717, 1.165) is 12.8 Å². The van der Waals surface area contributed by atoms with Crippen LogP contribution in [0.5, 0.6) is 0 Å². The minimum Gasteiger partial charge on any atom is -0.0882 e. The van der Waals surface area contributed by atoms with E-state index in [0.29, 0.717) is 0 Å². The van der Waals surface area contributed by atoms with Gasteiger partial charge in [-0.25, -0.2) is 0 Å². The molecule has 0 aromatic rings. The van der Waals surface area contributed by atoms with Crippen molar-refractivity contribution in [3.8, 4) is 0 Å². The van der Waals surface area contributed by atoms with Crippen LogP contribution in [0.4, 0.5) is 0 Å². The van der Waals surface area contributed by atoms with E-state index in [4.69, 9.17) is 6.58 Å². The van der Waals surface area contributed by atoms with Gasteiger partial charge in [0, 0.05) is 0 Å². The van der Waals surface area contributed by atoms with Crippen LogP contribution in [0.3, 0.4) is 0 Å². The summed E-state index contributed by atoms with van der Waals surface area (Å²) < 4.78 is 0. The SMILES string of the molecule is [CH]=CCC=CCCCCCCCC[CH2]. The summed E-state index contributed by atoms with van der Waals surface area (Å²) >= 11 is 0. The molecule has 0 heterocycles. The van der Waals surface area contributed by atoms with Crippen LogP contribution in [0.15, 0.2) is 18.2 Å². The molecular formula is C14H24. The highest BCUT2D eigenvalue weighted by Crippen LogP contribution is 2.08. The monoisotopic (exact) mass is 192 g/mol. The van der Waals surface area contributed by atoms with Gasteiger partial charge in [0.2, 0.25) is 0 Å². The highest BCUT2D eigenvalue weighted by Gasteiger charge is 1.88. The Morgan fingerprint density at radius 3 is 2.14 bits per heavy atom. The molecule has 0 aliphatic rings. The second kappa shape index (κ2) is 12.5. The predicted molar refractivity (Wildman–Crippen MR) is 64.9 cm³/mol. The van der Waals surface area contributed by atoms with E-state index in [2.05, 4.69) is 19.1 Å². The summed E-state index contributed by atoms with van der Waals surface area (Å²) in [4.78, 5) is 0. The van der Waals surface area contributed by atoms with Gasteiger partial charge in [0.15, 0.2) is 0 Å². The van der Waals surface area contributed by atoms with Crippen LogP contribution in [-0.2, 0) is 0 Å². The van der Waals surface area contributed by atoms with E-state index in [1.807, 2.05) is 0 Å². The topological polar surface area (TPSA) is 0 Å². The van der Waals surface area contributed by atoms with Crippen molar-refractivity contribution in [3.05, 3.63) is 31.7 Å². The molecule has 0 amide bonds. The normalized spacial score (nSPS) is 10.9. The Kier molecular flexibility index (Phi) is 12.0. The zero-order valence-electron chi connectivity index (χ0n) is 9.38. The van der Waals surface area contributed by atoms with E-state index in [1.54, 1.807) is 6.08 Å². The van der Waals surface area contributed by atoms with E-state index < -0.39 is 0 Å². The standard InChI is InChI=1S/C14H24/c1-3-5-7-9-11-13-14-12-10-8-6-4-2/h1,3,7,9H,2,4-6,8,10-14H2. The lowest BCUT2D eigenvalue weighted by Crippen LogP contribution is -1.78. The average Bonchev–Trinajstić information content (AvgIpc) is 2.21. The Labute approximate surface area is 90.1 Å². The van der Waals surface area contributed by atoms with Crippen LogP contribution in [0.1, 0.15) is 57.8 Å². The van der Waals surface area contributed by atoms with Crippen molar-refractivity contribution >= 4 is 0 Å². The molecule has 14 heavy (non-hydrogen) atoms. The average molecular weight is 192 g/mol. The molecule has 0 saturated heterocycles. The van der Waals surface area contributed by atoms with Gasteiger partial charge in [-0.05, 0) is 19.3 Å². The van der Waals surface area contributed by atoms with Crippen LogP contribution in [-0.4, -0.2) is 0 Å². The zero-order chi connectivity index (χ0) is 10.5. The van der Waals surface area contributed by atoms with Crippen LogP contribution < -0.4 is 0 Å². The molecule has 0 bridgehead atoms. The summed E-state index contributed by atoms with van der Waals surface area (Å²) in [5.74, 6) is 0. The molecule has 0 aromatic heterocycles. The van der Waals surface area contributed by atoms with Crippen LogP contribution in [0, 0.1) is 13.5 Å². The number of rotatable bonds is 10. The van der Waals surface area contributed by atoms with Crippen LogP contribution in [0.2, 0.25) is 0 Å². The fourth-order valence-corrected chi connectivity index (χ4v) is 1.44. The van der Waals surface area contributed by atoms with Gasteiger partial charge in [-0.15, -0.1) is 0 Å². The van der Waals surface area contributed by atoms with E-state index in [-0.39, 0.29) is 0 Å². The second-order valence-corrected chi connectivity index (χ2v) is 3.71. The first-order valence-corrected chi connectivity index (χ1v) is 5.89. The minimum atomic E-state index is 0.906. The molecule has 0 fully saturated rings. The van der Waals surface area contributed by atoms with Crippen molar-refractivity contribution in [2.75, 3.05) is 0 Å². The van der Waals surface area contributed by atoms with Crippen molar-refractivity contribution in [2.24, 2.45) is 0 Å². The second-order valence-electron chi connectivity index (χ2n) is 3.71. The van der Waals surface area contributed by atoms with E-state index >= 15 is 0 Å². The lowest BCUT2D eigenvalue weighted by molar-refractivity contribution is 0.599. The molecule has 80 valence electrons. The fraction of sp³-hybridized carbons (Fsp3) is 0.643. The molecule has 0 heteroatoms. The van der Waals surface area contributed by atoms with Gasteiger partial charge in [0.1, 0.15) is 0 Å². The Hall–Kier alpha value is -0.520. The van der Waals surface area contributed by atoms with Crippen molar-refractivity contribution in [2.45, 2.75) is 57.8 Å². The predicted octanol–water partition coefficient (Wildman–Crippen LogP) is 4.88. The van der Waals surface area contributed by atoms with Crippen molar-refractivity contribution in [1.82, 2.24) is 0 Å². The molecular weight excluding hydrogens is 168 g/mol. The smallest absolute Gasteiger partial charge is 0.0166 e. The maximum Gasteiger partial charge on any atom is -0.0166 e. The molecule has 0 nitrogen and oxygen atoms in total. The largest absolute Gasteiger partial charge is 0.0882 e. The first-order valence-electron chi connectivity index (χ1n) is 5.89. The lowest BCUT2D eigenvalue weighted by Gasteiger charge is -1.98. The Morgan fingerprint density at radius 2 is 1.50 bits per heavy atom. The van der Waals surface area contributed by atoms with Gasteiger partial charge >= 0.3 is 0 Å². The molecule has 0 spiro atoms. The van der Waals surface area contributed by atoms with Gasteiger partial charge in [0.05, 0.1) is 0 Å². The summed E-state index contributed by atoms with van der Waals surface area (Å²) in [7, 11) is 0. The summed E-state index contributed by atoms with van der Waals surface area (Å²) in [6, 6.07) is 0. The molecule has 2 radical (unpaired) electrons. The highest BCUT2D eigenvalue weighted by molar-refractivity contribution is 4.86. The van der Waals surface area contributed by atoms with Gasteiger partial charge in [0.25, 0.3) is 0 Å². The third-order valence-corrected chi connectivity index (χ3v) is 2.31. The summed E-state index contributed by atoms with van der Waals surface area (Å²) in [5, 5.41) is 0. The third kappa shape index (κ3) is 11.5. The summed E-state index contributed by atoms with van der Waals surface area (Å²) in [5.41, 5.74) is 0. The lowest BCUT2D eigenvalue weighted by atomic mass is 10.1. The quantitative estimate of drug-likeness (QED) is 0.342. The molecule has 0 rings (SSSR count). The van der Waals surface area contributed by atoms with Crippen molar-refractivity contribution < 1.29 is 0 Å². The van der Waals surface area contributed by atoms with E-state index in [9.17, 15) is 0 Å². The number of allylic oxidation sites excluding steroid dienone is 3. The molecule has 0 aliphatic carbocycles. The van der Waals surface area contributed by atoms with Gasteiger partial charge in [-0.3, -0.25) is 0 Å². The highest BCUT2D eigenvalue weighted by atomic mass is 13.9. The van der Waals surface area contributed by atoms with Gasteiger partial charge in [-0.2, -0.15) is 0 Å². The van der Waals surface area contributed by atoms with Crippen LogP contribution in [0.25, 0.3) is 0 Å². The number of unbranched alkanes of at least 4 members (excludes halogenated alkanes) is 7. The molecule has 0 unspecified atom stereocenters. The Morgan fingerprint density at radius 1 is 0.857 bits per heavy atom. The van der Waals surface area contributed by atoms with Crippen LogP contribution >= 0.6 is 0 Å². The summed E-state index contributed by atoms with van der Waals surface area (Å²) in [6.07, 6.45) is 17.4. The van der Waals surface area contributed by atoms with E-state index in [1.165, 1.54) is 44.9 Å². The van der Waals surface area contributed by atoms with Gasteiger partial charge < -0.3 is 0 Å². The zero-order valence-corrected chi connectivity index (χ0v) is 9.38. The Balaban J connectivity index is 2.95. The minimum absolute atomic E-state index is 0.906. The van der Waals surface area contributed by atoms with Crippen molar-refractivity contribution in [1.29, 1.82) is 0 Å². The Bertz CT molecular complexity index is 133. The third-order valence-electron chi connectivity index (χ3n) is 2.31. The maximum atomic E-state index is 5.26. The fourth-order valence-electron chi connectivity index (χ4n) is 1.44. The number of hydrogen-bond donors (Lipinski definition) is 0. The molecule has 0 saturated carbocycles. The molecule has 0 atom stereocenters. The maximum absolute atomic E-state index is 5.26.